The number of nitrogens with one attached hydrogen (secondary N) is 2. The molecular weight excluding hydrogens is 432 g/mol. The lowest BCUT2D eigenvalue weighted by molar-refractivity contribution is -0.119. The Labute approximate surface area is 187 Å². The summed E-state index contributed by atoms with van der Waals surface area (Å²) >= 11 is 2.93. The maximum absolute atomic E-state index is 12.5. The van der Waals surface area contributed by atoms with E-state index in [0.717, 1.165) is 21.0 Å². The molecule has 2 N–H and O–H groups in total. The summed E-state index contributed by atoms with van der Waals surface area (Å²) in [4.78, 5) is 34.6. The average Bonchev–Trinajstić information content (AvgIpc) is 3.48. The molecular formula is C22H20N4O3S2. The van der Waals surface area contributed by atoms with Crippen molar-refractivity contribution < 1.29 is 14.0 Å². The van der Waals surface area contributed by atoms with Crippen LogP contribution in [0, 0.1) is 6.92 Å². The highest BCUT2D eigenvalue weighted by Gasteiger charge is 2.16. The molecule has 3 aromatic heterocycles. The third-order valence-corrected chi connectivity index (χ3v) is 6.28. The molecule has 31 heavy (non-hydrogen) atoms. The first-order valence-electron chi connectivity index (χ1n) is 9.58. The molecule has 0 aliphatic heterocycles. The first kappa shape index (κ1) is 21.0. The number of hydrogen-bond acceptors (Lipinski definition) is 7. The van der Waals surface area contributed by atoms with Crippen LogP contribution in [0.4, 0.5) is 5.13 Å². The fourth-order valence-electron chi connectivity index (χ4n) is 2.88. The molecule has 158 valence electrons. The number of amides is 2. The highest BCUT2D eigenvalue weighted by Crippen LogP contribution is 2.31. The molecule has 0 radical (unpaired) electrons. The van der Waals surface area contributed by atoms with Crippen molar-refractivity contribution in [2.75, 3.05) is 5.32 Å². The maximum atomic E-state index is 12.5. The molecule has 7 nitrogen and oxygen atoms in total. The van der Waals surface area contributed by atoms with Crippen molar-refractivity contribution in [3.05, 3.63) is 64.2 Å². The number of nitrogens with zero attached hydrogens (tertiary/aromatic N) is 2. The topological polar surface area (TPSA) is 97.1 Å². The van der Waals surface area contributed by atoms with E-state index >= 15 is 0 Å². The van der Waals surface area contributed by atoms with Crippen molar-refractivity contribution in [1.29, 1.82) is 0 Å². The molecule has 0 bridgehead atoms. The number of aryl methyl sites for hydroxylation is 1. The monoisotopic (exact) mass is 452 g/mol. The minimum absolute atomic E-state index is 0.0631. The zero-order valence-corrected chi connectivity index (χ0v) is 18.6. The number of thiazole rings is 1. The average molecular weight is 453 g/mol. The molecule has 9 heteroatoms. The van der Waals surface area contributed by atoms with E-state index in [1.54, 1.807) is 18.3 Å². The number of oxazole rings is 1. The number of anilines is 1. The number of carbonyl (C=O) groups excluding carboxylic acids is 2. The summed E-state index contributed by atoms with van der Waals surface area (Å²) in [6.07, 6.45) is 0.108. The molecule has 0 aliphatic carbocycles. The van der Waals surface area contributed by atoms with Gasteiger partial charge in [-0.2, -0.15) is 0 Å². The van der Waals surface area contributed by atoms with Gasteiger partial charge in [0.25, 0.3) is 0 Å². The lowest BCUT2D eigenvalue weighted by Crippen LogP contribution is -2.17. The van der Waals surface area contributed by atoms with Crippen LogP contribution in [0.5, 0.6) is 0 Å². The molecule has 4 aromatic rings. The number of hydrogen-bond donors (Lipinski definition) is 2. The van der Waals surface area contributed by atoms with E-state index in [9.17, 15) is 9.59 Å². The summed E-state index contributed by atoms with van der Waals surface area (Å²) in [5.41, 5.74) is 2.27. The number of thiophene rings is 1. The van der Waals surface area contributed by atoms with Crippen LogP contribution in [0.2, 0.25) is 0 Å². The van der Waals surface area contributed by atoms with Gasteiger partial charge in [0.05, 0.1) is 29.2 Å². The summed E-state index contributed by atoms with van der Waals surface area (Å²) in [6, 6.07) is 13.5. The van der Waals surface area contributed by atoms with Crippen molar-refractivity contribution in [2.45, 2.75) is 26.8 Å². The molecule has 0 atom stereocenters. The zero-order chi connectivity index (χ0) is 21.8. The van der Waals surface area contributed by atoms with Gasteiger partial charge in [-0.05, 0) is 31.2 Å². The first-order valence-corrected chi connectivity index (χ1v) is 11.3. The van der Waals surface area contributed by atoms with Crippen LogP contribution < -0.4 is 10.6 Å². The fraction of sp³-hybridized carbons (Fsp3) is 0.182. The van der Waals surface area contributed by atoms with E-state index in [-0.39, 0.29) is 18.2 Å². The van der Waals surface area contributed by atoms with Crippen molar-refractivity contribution in [3.63, 3.8) is 0 Å². The minimum atomic E-state index is -0.200. The van der Waals surface area contributed by atoms with Gasteiger partial charge in [-0.3, -0.25) is 9.59 Å². The molecule has 4 rings (SSSR count). The summed E-state index contributed by atoms with van der Waals surface area (Å²) in [5, 5.41) is 8.05. The molecule has 0 saturated heterocycles. The van der Waals surface area contributed by atoms with E-state index in [2.05, 4.69) is 20.6 Å². The van der Waals surface area contributed by atoms with E-state index < -0.39 is 0 Å². The Morgan fingerprint density at radius 3 is 2.68 bits per heavy atom. The summed E-state index contributed by atoms with van der Waals surface area (Å²) < 4.78 is 5.72. The van der Waals surface area contributed by atoms with Crippen LogP contribution in [-0.4, -0.2) is 21.8 Å². The molecule has 0 saturated carbocycles. The number of rotatable bonds is 7. The Bertz CT molecular complexity index is 1210. The van der Waals surface area contributed by atoms with Gasteiger partial charge in [-0.1, -0.05) is 18.2 Å². The van der Waals surface area contributed by atoms with E-state index in [1.165, 1.54) is 18.3 Å². The predicted molar refractivity (Wildman–Crippen MR) is 122 cm³/mol. The van der Waals surface area contributed by atoms with Crippen LogP contribution >= 0.6 is 22.7 Å². The van der Waals surface area contributed by atoms with Gasteiger partial charge in [0, 0.05) is 22.7 Å². The van der Waals surface area contributed by atoms with Crippen molar-refractivity contribution in [2.24, 2.45) is 0 Å². The zero-order valence-electron chi connectivity index (χ0n) is 17.0. The Hall–Kier alpha value is -3.30. The van der Waals surface area contributed by atoms with Crippen LogP contribution in [0.1, 0.15) is 23.3 Å². The number of aromatic nitrogens is 2. The Kier molecular flexibility index (Phi) is 6.24. The van der Waals surface area contributed by atoms with Gasteiger partial charge in [0.2, 0.25) is 17.7 Å². The summed E-state index contributed by atoms with van der Waals surface area (Å²) in [6.45, 7) is 3.79. The van der Waals surface area contributed by atoms with E-state index in [4.69, 9.17) is 4.42 Å². The number of carbonyl (C=O) groups is 2. The van der Waals surface area contributed by atoms with Crippen molar-refractivity contribution in [1.82, 2.24) is 15.3 Å². The second kappa shape index (κ2) is 9.23. The van der Waals surface area contributed by atoms with Crippen LogP contribution in [0.3, 0.4) is 0 Å². The lowest BCUT2D eigenvalue weighted by Gasteiger charge is -1.99. The van der Waals surface area contributed by atoms with Crippen molar-refractivity contribution in [3.8, 4) is 22.0 Å². The highest BCUT2D eigenvalue weighted by atomic mass is 32.1. The predicted octanol–water partition coefficient (Wildman–Crippen LogP) is 4.65. The van der Waals surface area contributed by atoms with Gasteiger partial charge in [0.15, 0.2) is 5.13 Å². The van der Waals surface area contributed by atoms with Crippen molar-refractivity contribution >= 4 is 39.6 Å². The standard InChI is InChI=1S/C22H20N4O3S2/c1-13-17(24-21(29-13)15-6-4-3-5-7-15)10-20(28)26-22-25-18(12-30-22)19-9-8-16(31-19)11-23-14(2)27/h3-9,12H,10-11H2,1-2H3,(H,23,27)(H,25,26,28). The normalized spacial score (nSPS) is 10.8. The Morgan fingerprint density at radius 1 is 1.10 bits per heavy atom. The third kappa shape index (κ3) is 5.25. The summed E-state index contributed by atoms with van der Waals surface area (Å²) in [5.74, 6) is 0.866. The minimum Gasteiger partial charge on any atom is -0.441 e. The Balaban J connectivity index is 1.39. The van der Waals surface area contributed by atoms with Gasteiger partial charge < -0.3 is 15.1 Å². The maximum Gasteiger partial charge on any atom is 0.232 e. The lowest BCUT2D eigenvalue weighted by atomic mass is 10.2. The number of benzene rings is 1. The summed E-state index contributed by atoms with van der Waals surface area (Å²) in [7, 11) is 0. The largest absolute Gasteiger partial charge is 0.441 e. The van der Waals surface area contributed by atoms with Gasteiger partial charge in [-0.25, -0.2) is 9.97 Å². The van der Waals surface area contributed by atoms with Crippen LogP contribution in [0.25, 0.3) is 22.0 Å². The van der Waals surface area contributed by atoms with E-state index in [1.807, 2.05) is 47.8 Å². The second-order valence-electron chi connectivity index (χ2n) is 6.83. The fourth-order valence-corrected chi connectivity index (χ4v) is 4.59. The van der Waals surface area contributed by atoms with Crippen LogP contribution in [0.15, 0.2) is 52.3 Å². The molecule has 3 heterocycles. The highest BCUT2D eigenvalue weighted by molar-refractivity contribution is 7.17. The van der Waals surface area contributed by atoms with Gasteiger partial charge in [0.1, 0.15) is 5.76 Å². The van der Waals surface area contributed by atoms with Gasteiger partial charge >= 0.3 is 0 Å². The van der Waals surface area contributed by atoms with Gasteiger partial charge in [-0.15, -0.1) is 22.7 Å². The smallest absolute Gasteiger partial charge is 0.232 e. The molecule has 0 aliphatic rings. The Morgan fingerprint density at radius 2 is 1.90 bits per heavy atom. The molecule has 0 fully saturated rings. The van der Waals surface area contributed by atoms with Crippen LogP contribution in [-0.2, 0) is 22.6 Å². The quantitative estimate of drug-likeness (QED) is 0.425. The third-order valence-electron chi connectivity index (χ3n) is 4.42. The molecule has 2 amide bonds. The second-order valence-corrected chi connectivity index (χ2v) is 8.85. The van der Waals surface area contributed by atoms with E-state index in [0.29, 0.717) is 29.0 Å². The molecule has 1 aromatic carbocycles. The first-order chi connectivity index (χ1) is 15.0. The molecule has 0 spiro atoms. The SMILES string of the molecule is CC(=O)NCc1ccc(-c2csc(NC(=O)Cc3nc(-c4ccccc4)oc3C)n2)s1. The molecule has 0 unspecified atom stereocenters.